The van der Waals surface area contributed by atoms with Gasteiger partial charge in [0.2, 0.25) is 0 Å². The highest BCUT2D eigenvalue weighted by Gasteiger charge is 2.12. The molecule has 1 atom stereocenters. The molecule has 0 aliphatic rings. The Morgan fingerprint density at radius 1 is 1.15 bits per heavy atom. The van der Waals surface area contributed by atoms with Crippen LogP contribution in [0.15, 0.2) is 47.4 Å². The van der Waals surface area contributed by atoms with Gasteiger partial charge in [-0.1, -0.05) is 12.1 Å². The molecule has 26 heavy (non-hydrogen) atoms. The first-order valence-electron chi connectivity index (χ1n) is 8.52. The Bertz CT molecular complexity index is 873. The van der Waals surface area contributed by atoms with Gasteiger partial charge in [-0.3, -0.25) is 4.79 Å². The Morgan fingerprint density at radius 3 is 2.35 bits per heavy atom. The molecule has 2 aromatic rings. The highest BCUT2D eigenvalue weighted by Crippen LogP contribution is 2.23. The zero-order valence-corrected chi connectivity index (χ0v) is 16.4. The summed E-state index contributed by atoms with van der Waals surface area (Å²) in [5, 5.41) is 3.40. The number of ether oxygens (including phenoxy) is 1. The molecular formula is C20H25NO4S. The Hall–Kier alpha value is -2.18. The number of nitrogens with one attached hydrogen (secondary N) is 1. The van der Waals surface area contributed by atoms with Gasteiger partial charge in [0.15, 0.2) is 15.6 Å². The van der Waals surface area contributed by atoms with Gasteiger partial charge < -0.3 is 10.1 Å². The van der Waals surface area contributed by atoms with Gasteiger partial charge in [-0.05, 0) is 56.7 Å². The van der Waals surface area contributed by atoms with Crippen molar-refractivity contribution < 1.29 is 17.9 Å². The number of hydrogen-bond donors (Lipinski definition) is 1. The Labute approximate surface area is 155 Å². The first-order chi connectivity index (χ1) is 12.2. The Morgan fingerprint density at radius 2 is 1.81 bits per heavy atom. The fourth-order valence-electron chi connectivity index (χ4n) is 2.62. The van der Waals surface area contributed by atoms with Crippen LogP contribution in [0.25, 0.3) is 0 Å². The Balaban J connectivity index is 2.14. The van der Waals surface area contributed by atoms with Crippen LogP contribution >= 0.6 is 0 Å². The van der Waals surface area contributed by atoms with Crippen molar-refractivity contribution in [3.63, 3.8) is 0 Å². The number of carbonyl (C=O) groups is 1. The van der Waals surface area contributed by atoms with E-state index in [0.717, 1.165) is 16.9 Å². The van der Waals surface area contributed by atoms with Crippen LogP contribution in [0.5, 0.6) is 5.75 Å². The molecule has 0 aliphatic heterocycles. The summed E-state index contributed by atoms with van der Waals surface area (Å²) in [4.78, 5) is 11.9. The van der Waals surface area contributed by atoms with E-state index >= 15 is 0 Å². The monoisotopic (exact) mass is 375 g/mol. The summed E-state index contributed by atoms with van der Waals surface area (Å²) >= 11 is 0. The van der Waals surface area contributed by atoms with Gasteiger partial charge in [0.25, 0.3) is 0 Å². The number of ketones is 1. The van der Waals surface area contributed by atoms with Crippen molar-refractivity contribution in [1.82, 2.24) is 5.32 Å². The third kappa shape index (κ3) is 5.16. The van der Waals surface area contributed by atoms with E-state index in [2.05, 4.69) is 5.32 Å². The van der Waals surface area contributed by atoms with Crippen molar-refractivity contribution in [3.05, 3.63) is 59.2 Å². The summed E-state index contributed by atoms with van der Waals surface area (Å²) in [5.41, 5.74) is 2.55. The molecule has 0 radical (unpaired) electrons. The second kappa shape index (κ2) is 8.47. The fraction of sp³-hybridized carbons (Fsp3) is 0.350. The maximum absolute atomic E-state index is 11.6. The number of carbonyl (C=O) groups excluding carboxylic acids is 1. The summed E-state index contributed by atoms with van der Waals surface area (Å²) in [5.74, 6) is 0.767. The molecule has 0 heterocycles. The molecule has 0 aliphatic carbocycles. The average molecular weight is 375 g/mol. The number of benzene rings is 2. The second-order valence-electron chi connectivity index (χ2n) is 6.26. The predicted molar refractivity (Wildman–Crippen MR) is 102 cm³/mol. The maximum atomic E-state index is 11.6. The van der Waals surface area contributed by atoms with Crippen molar-refractivity contribution in [2.24, 2.45) is 0 Å². The summed E-state index contributed by atoms with van der Waals surface area (Å²) in [6, 6.07) is 12.3. The lowest BCUT2D eigenvalue weighted by Crippen LogP contribution is -2.19. The molecule has 1 N–H and O–H groups in total. The lowest BCUT2D eigenvalue weighted by Gasteiger charge is -2.17. The normalized spacial score (nSPS) is 12.6. The van der Waals surface area contributed by atoms with E-state index < -0.39 is 9.84 Å². The number of hydrogen-bond acceptors (Lipinski definition) is 5. The summed E-state index contributed by atoms with van der Waals surface area (Å²) in [7, 11) is -3.19. The van der Waals surface area contributed by atoms with E-state index in [1.807, 2.05) is 38.1 Å². The number of rotatable bonds is 8. The van der Waals surface area contributed by atoms with Gasteiger partial charge in [0.05, 0.1) is 11.5 Å². The lowest BCUT2D eigenvalue weighted by molar-refractivity contribution is 0.101. The molecule has 0 aromatic heterocycles. The van der Waals surface area contributed by atoms with Crippen LogP contribution in [0.3, 0.4) is 0 Å². The third-order valence-corrected chi connectivity index (χ3v) is 5.30. The zero-order chi connectivity index (χ0) is 19.3. The molecule has 0 saturated carbocycles. The molecule has 2 rings (SSSR count). The molecular weight excluding hydrogens is 350 g/mol. The van der Waals surface area contributed by atoms with Crippen molar-refractivity contribution in [3.8, 4) is 5.75 Å². The molecule has 2 aromatic carbocycles. The van der Waals surface area contributed by atoms with Gasteiger partial charge in [0, 0.05) is 30.0 Å². The van der Waals surface area contributed by atoms with Crippen LogP contribution < -0.4 is 10.1 Å². The van der Waals surface area contributed by atoms with Crippen molar-refractivity contribution in [1.29, 1.82) is 0 Å². The predicted octanol–water partition coefficient (Wildman–Crippen LogP) is 3.54. The smallest absolute Gasteiger partial charge is 0.175 e. The molecule has 0 spiro atoms. The standard InChI is InChI=1S/C20H25NO4S/c1-5-25-20-11-8-17(15(3)22)12-18(20)13-21-14(2)16-6-9-19(10-7-16)26(4,23)24/h6-12,14,21H,5,13H2,1-4H3/t14-/m0/s1. The number of sulfone groups is 1. The van der Waals surface area contributed by atoms with Crippen LogP contribution in [0.1, 0.15) is 48.3 Å². The van der Waals surface area contributed by atoms with Crippen molar-refractivity contribution in [2.75, 3.05) is 12.9 Å². The first kappa shape index (κ1) is 20.1. The van der Waals surface area contributed by atoms with Crippen LogP contribution in [-0.2, 0) is 16.4 Å². The van der Waals surface area contributed by atoms with Crippen molar-refractivity contribution in [2.45, 2.75) is 38.3 Å². The second-order valence-corrected chi connectivity index (χ2v) is 8.27. The maximum Gasteiger partial charge on any atom is 0.175 e. The summed E-state index contributed by atoms with van der Waals surface area (Å²) in [6.07, 6.45) is 1.20. The van der Waals surface area contributed by atoms with Gasteiger partial charge >= 0.3 is 0 Å². The molecule has 140 valence electrons. The van der Waals surface area contributed by atoms with Crippen LogP contribution in [-0.4, -0.2) is 27.1 Å². The first-order valence-corrected chi connectivity index (χ1v) is 10.4. The lowest BCUT2D eigenvalue weighted by atomic mass is 10.1. The van der Waals surface area contributed by atoms with E-state index in [1.54, 1.807) is 25.1 Å². The summed E-state index contributed by atoms with van der Waals surface area (Å²) in [6.45, 7) is 6.55. The molecule has 0 fully saturated rings. The van der Waals surface area contributed by atoms with Crippen LogP contribution in [0, 0.1) is 0 Å². The minimum absolute atomic E-state index is 0.0127. The molecule has 0 bridgehead atoms. The topological polar surface area (TPSA) is 72.5 Å². The molecule has 0 amide bonds. The quantitative estimate of drug-likeness (QED) is 0.715. The van der Waals surface area contributed by atoms with E-state index in [0.29, 0.717) is 23.6 Å². The third-order valence-electron chi connectivity index (χ3n) is 4.17. The van der Waals surface area contributed by atoms with E-state index in [-0.39, 0.29) is 11.8 Å². The van der Waals surface area contributed by atoms with Crippen LogP contribution in [0.2, 0.25) is 0 Å². The molecule has 5 nitrogen and oxygen atoms in total. The number of Topliss-reactive ketones (excluding diaryl/α,β-unsaturated/α-hetero) is 1. The average Bonchev–Trinajstić information content (AvgIpc) is 2.60. The van der Waals surface area contributed by atoms with E-state index in [9.17, 15) is 13.2 Å². The molecule has 0 unspecified atom stereocenters. The molecule has 6 heteroatoms. The minimum atomic E-state index is -3.19. The largest absolute Gasteiger partial charge is 0.494 e. The Kier molecular flexibility index (Phi) is 6.56. The minimum Gasteiger partial charge on any atom is -0.494 e. The highest BCUT2D eigenvalue weighted by atomic mass is 32.2. The highest BCUT2D eigenvalue weighted by molar-refractivity contribution is 7.90. The van der Waals surface area contributed by atoms with E-state index in [4.69, 9.17) is 4.74 Å². The molecule has 0 saturated heterocycles. The zero-order valence-electron chi connectivity index (χ0n) is 15.6. The SMILES string of the molecule is CCOc1ccc(C(C)=O)cc1CN[C@@H](C)c1ccc(S(C)(=O)=O)cc1. The van der Waals surface area contributed by atoms with Gasteiger partial charge in [-0.25, -0.2) is 8.42 Å². The van der Waals surface area contributed by atoms with Crippen molar-refractivity contribution >= 4 is 15.6 Å². The van der Waals surface area contributed by atoms with Gasteiger partial charge in [-0.15, -0.1) is 0 Å². The van der Waals surface area contributed by atoms with Gasteiger partial charge in [-0.2, -0.15) is 0 Å². The van der Waals surface area contributed by atoms with E-state index in [1.165, 1.54) is 6.26 Å². The fourth-order valence-corrected chi connectivity index (χ4v) is 3.25. The van der Waals surface area contributed by atoms with Crippen LogP contribution in [0.4, 0.5) is 0 Å². The van der Waals surface area contributed by atoms with Gasteiger partial charge in [0.1, 0.15) is 5.75 Å². The summed E-state index contributed by atoms with van der Waals surface area (Å²) < 4.78 is 28.8.